The molecule has 0 aromatic carbocycles. The Labute approximate surface area is 167 Å². The lowest BCUT2D eigenvalue weighted by Crippen LogP contribution is -2.57. The largest absolute Gasteiger partial charge is 0.450 e. The summed E-state index contributed by atoms with van der Waals surface area (Å²) in [5.41, 5.74) is -0.643. The smallest absolute Gasteiger partial charge is 0.409 e. The van der Waals surface area contributed by atoms with Crippen molar-refractivity contribution in [3.05, 3.63) is 0 Å². The van der Waals surface area contributed by atoms with E-state index in [2.05, 4.69) is 15.0 Å². The van der Waals surface area contributed by atoms with Crippen LogP contribution in [-0.2, 0) is 14.8 Å². The van der Waals surface area contributed by atoms with Crippen LogP contribution in [0.25, 0.3) is 0 Å². The number of aliphatic imine (C=N–C) groups is 1. The maximum absolute atomic E-state index is 11.7. The monoisotopic (exact) mass is 491 g/mol. The molecule has 1 rings (SSSR count). The van der Waals surface area contributed by atoms with Crippen molar-refractivity contribution in [2.75, 3.05) is 52.6 Å². The molecule has 9 nitrogen and oxygen atoms in total. The van der Waals surface area contributed by atoms with Crippen LogP contribution in [0, 0.1) is 0 Å². The molecule has 0 aliphatic carbocycles. The molecular weight excluding hydrogens is 461 g/mol. The molecule has 11 heteroatoms. The number of amides is 1. The summed E-state index contributed by atoms with van der Waals surface area (Å²) in [6.07, 6.45) is 0.844. The highest BCUT2D eigenvalue weighted by molar-refractivity contribution is 14.0. The van der Waals surface area contributed by atoms with Crippen molar-refractivity contribution in [3.63, 3.8) is 0 Å². The van der Waals surface area contributed by atoms with Gasteiger partial charge in [0.15, 0.2) is 5.96 Å². The molecule has 148 valence electrons. The third kappa shape index (κ3) is 8.90. The lowest BCUT2D eigenvalue weighted by Gasteiger charge is -2.37. The van der Waals surface area contributed by atoms with Crippen LogP contribution in [0.3, 0.4) is 0 Å². The normalized spacial score (nSPS) is 16.3. The zero-order valence-corrected chi connectivity index (χ0v) is 18.7. The van der Waals surface area contributed by atoms with E-state index < -0.39 is 15.6 Å². The molecule has 1 saturated heterocycles. The molecule has 2 N–H and O–H groups in total. The Kier molecular flexibility index (Phi) is 10.0. The molecule has 0 atom stereocenters. The Hall–Kier alpha value is -0.820. The summed E-state index contributed by atoms with van der Waals surface area (Å²) >= 11 is 0. The average molecular weight is 491 g/mol. The van der Waals surface area contributed by atoms with Crippen molar-refractivity contribution in [1.82, 2.24) is 19.8 Å². The Balaban J connectivity index is 0.00000576. The molecule has 1 aliphatic heterocycles. The molecule has 0 aromatic heterocycles. The first-order chi connectivity index (χ1) is 11.1. The summed E-state index contributed by atoms with van der Waals surface area (Å²) in [5.74, 6) is 0.682. The van der Waals surface area contributed by atoms with Crippen molar-refractivity contribution >= 4 is 46.1 Å². The highest BCUT2D eigenvalue weighted by Gasteiger charge is 2.26. The zero-order valence-electron chi connectivity index (χ0n) is 15.5. The summed E-state index contributed by atoms with van der Waals surface area (Å²) in [4.78, 5) is 19.6. The number of rotatable bonds is 5. The summed E-state index contributed by atoms with van der Waals surface area (Å²) < 4.78 is 30.4. The van der Waals surface area contributed by atoms with Crippen molar-refractivity contribution in [2.45, 2.75) is 26.3 Å². The SMILES string of the molecule is CCOC(=O)N1CCN(C(=NC)NCC(C)(C)NS(C)(=O)=O)CC1.I. The fourth-order valence-electron chi connectivity index (χ4n) is 2.49. The Bertz CT molecular complexity index is 560. The summed E-state index contributed by atoms with van der Waals surface area (Å²) in [7, 11) is -1.61. The topological polar surface area (TPSA) is 103 Å². The highest BCUT2D eigenvalue weighted by atomic mass is 127. The first-order valence-electron chi connectivity index (χ1n) is 7.94. The van der Waals surface area contributed by atoms with Gasteiger partial charge in [0, 0.05) is 45.3 Å². The van der Waals surface area contributed by atoms with Gasteiger partial charge in [-0.05, 0) is 20.8 Å². The molecule has 0 unspecified atom stereocenters. The third-order valence-electron chi connectivity index (χ3n) is 3.47. The van der Waals surface area contributed by atoms with E-state index in [1.807, 2.05) is 4.90 Å². The van der Waals surface area contributed by atoms with Crippen molar-refractivity contribution < 1.29 is 17.9 Å². The van der Waals surface area contributed by atoms with Gasteiger partial charge in [-0.15, -0.1) is 24.0 Å². The van der Waals surface area contributed by atoms with Gasteiger partial charge in [0.1, 0.15) is 0 Å². The number of sulfonamides is 1. The average Bonchev–Trinajstić information content (AvgIpc) is 2.46. The minimum Gasteiger partial charge on any atom is -0.450 e. The zero-order chi connectivity index (χ0) is 18.4. The van der Waals surface area contributed by atoms with Crippen LogP contribution in [0.2, 0.25) is 0 Å². The minimum absolute atomic E-state index is 0. The van der Waals surface area contributed by atoms with Crippen LogP contribution in [0.15, 0.2) is 4.99 Å². The lowest BCUT2D eigenvalue weighted by atomic mass is 10.1. The lowest BCUT2D eigenvalue weighted by molar-refractivity contribution is 0.0914. The van der Waals surface area contributed by atoms with Crippen LogP contribution in [0.4, 0.5) is 4.79 Å². The van der Waals surface area contributed by atoms with E-state index >= 15 is 0 Å². The summed E-state index contributed by atoms with van der Waals surface area (Å²) in [6.45, 7) is 8.54. The van der Waals surface area contributed by atoms with Gasteiger partial charge in [0.25, 0.3) is 0 Å². The van der Waals surface area contributed by atoms with E-state index in [4.69, 9.17) is 4.74 Å². The first kappa shape index (κ1) is 24.2. The molecule has 0 bridgehead atoms. The van der Waals surface area contributed by atoms with Gasteiger partial charge < -0.3 is 19.9 Å². The predicted octanol–water partition coefficient (Wildman–Crippen LogP) is 0.282. The van der Waals surface area contributed by atoms with Crippen LogP contribution in [0.5, 0.6) is 0 Å². The van der Waals surface area contributed by atoms with Crippen LogP contribution in [0.1, 0.15) is 20.8 Å². The van der Waals surface area contributed by atoms with Crippen LogP contribution >= 0.6 is 24.0 Å². The summed E-state index contributed by atoms with van der Waals surface area (Å²) in [6, 6.07) is 0. The Morgan fingerprint density at radius 1 is 1.20 bits per heavy atom. The molecule has 0 saturated carbocycles. The molecule has 1 amide bonds. The Morgan fingerprint density at radius 3 is 2.16 bits per heavy atom. The minimum atomic E-state index is -3.29. The second kappa shape index (κ2) is 10.4. The quantitative estimate of drug-likeness (QED) is 0.326. The van der Waals surface area contributed by atoms with Crippen LogP contribution < -0.4 is 10.0 Å². The Morgan fingerprint density at radius 2 is 1.72 bits per heavy atom. The first-order valence-corrected chi connectivity index (χ1v) is 9.83. The number of piperazine rings is 1. The molecular formula is C14H30IN5O4S. The van der Waals surface area contributed by atoms with Gasteiger partial charge in [0.2, 0.25) is 10.0 Å². The van der Waals surface area contributed by atoms with E-state index in [9.17, 15) is 13.2 Å². The van der Waals surface area contributed by atoms with E-state index in [1.54, 1.807) is 32.7 Å². The fraction of sp³-hybridized carbons (Fsp3) is 0.857. The maximum atomic E-state index is 11.7. The molecule has 25 heavy (non-hydrogen) atoms. The van der Waals surface area contributed by atoms with Crippen molar-refractivity contribution in [1.29, 1.82) is 0 Å². The number of guanidine groups is 1. The number of hydrogen-bond acceptors (Lipinski definition) is 5. The van der Waals surface area contributed by atoms with Gasteiger partial charge in [-0.25, -0.2) is 17.9 Å². The third-order valence-corrected chi connectivity index (χ3v) is 4.39. The highest BCUT2D eigenvalue weighted by Crippen LogP contribution is 2.06. The van der Waals surface area contributed by atoms with Gasteiger partial charge in [-0.3, -0.25) is 4.99 Å². The predicted molar refractivity (Wildman–Crippen MR) is 109 cm³/mol. The van der Waals surface area contributed by atoms with E-state index in [0.29, 0.717) is 45.3 Å². The fourth-order valence-corrected chi connectivity index (χ4v) is 3.56. The van der Waals surface area contributed by atoms with E-state index in [1.165, 1.54) is 0 Å². The van der Waals surface area contributed by atoms with E-state index in [-0.39, 0.29) is 30.1 Å². The van der Waals surface area contributed by atoms with Crippen molar-refractivity contribution in [2.24, 2.45) is 4.99 Å². The van der Waals surface area contributed by atoms with Crippen molar-refractivity contribution in [3.8, 4) is 0 Å². The molecule has 0 radical (unpaired) electrons. The number of halogens is 1. The van der Waals surface area contributed by atoms with Crippen LogP contribution in [-0.4, -0.2) is 88.4 Å². The molecule has 0 aromatic rings. The maximum Gasteiger partial charge on any atom is 0.409 e. The molecule has 1 fully saturated rings. The number of hydrogen-bond donors (Lipinski definition) is 2. The van der Waals surface area contributed by atoms with Gasteiger partial charge in [-0.1, -0.05) is 0 Å². The summed E-state index contributed by atoms with van der Waals surface area (Å²) in [5, 5.41) is 3.19. The molecule has 0 spiro atoms. The second-order valence-corrected chi connectivity index (χ2v) is 8.08. The number of nitrogens with zero attached hydrogens (tertiary/aromatic N) is 3. The molecule has 1 heterocycles. The van der Waals surface area contributed by atoms with Gasteiger partial charge in [0.05, 0.1) is 12.9 Å². The van der Waals surface area contributed by atoms with Gasteiger partial charge in [-0.2, -0.15) is 0 Å². The van der Waals surface area contributed by atoms with Gasteiger partial charge >= 0.3 is 6.09 Å². The van der Waals surface area contributed by atoms with E-state index in [0.717, 1.165) is 6.26 Å². The number of carbonyl (C=O) groups is 1. The standard InChI is InChI=1S/C14H29N5O4S.HI/c1-6-23-13(20)19-9-7-18(8-10-19)12(15-4)16-11-14(2,3)17-24(5,21)22;/h17H,6-11H2,1-5H3,(H,15,16);1H. The number of nitrogens with one attached hydrogen (secondary N) is 2. The second-order valence-electron chi connectivity index (χ2n) is 6.33. The number of carbonyl (C=O) groups excluding carboxylic acids is 1. The number of ether oxygens (including phenoxy) is 1. The molecule has 1 aliphatic rings.